The molecule has 3 aromatic rings. The summed E-state index contributed by atoms with van der Waals surface area (Å²) in [5.74, 6) is 0.0591. The largest absolute Gasteiger partial charge is 0.463 e. The van der Waals surface area contributed by atoms with Gasteiger partial charge in [0.2, 0.25) is 0 Å². The molecule has 0 amide bonds. The van der Waals surface area contributed by atoms with Crippen LogP contribution in [0, 0.1) is 6.92 Å². The number of hydrogen-bond acceptors (Lipinski definition) is 3. The molecule has 0 aliphatic carbocycles. The van der Waals surface area contributed by atoms with Crippen LogP contribution >= 0.6 is 0 Å². The predicted molar refractivity (Wildman–Crippen MR) is 113 cm³/mol. The third kappa shape index (κ3) is 4.58. The van der Waals surface area contributed by atoms with Gasteiger partial charge < -0.3 is 4.74 Å². The van der Waals surface area contributed by atoms with Gasteiger partial charge in [-0.15, -0.1) is 0 Å². The number of hydrogen-bond donors (Lipinski definition) is 0. The van der Waals surface area contributed by atoms with Gasteiger partial charge in [-0.25, -0.2) is 9.48 Å². The summed E-state index contributed by atoms with van der Waals surface area (Å²) < 4.78 is 6.85. The molecule has 0 fully saturated rings. The molecule has 1 heterocycles. The third-order valence-corrected chi connectivity index (χ3v) is 4.56. The van der Waals surface area contributed by atoms with E-state index < -0.39 is 0 Å². The molecule has 1 aromatic heterocycles. The van der Waals surface area contributed by atoms with E-state index in [-0.39, 0.29) is 5.97 Å². The minimum Gasteiger partial charge on any atom is -0.463 e. The minimum absolute atomic E-state index is 0.322. The van der Waals surface area contributed by atoms with E-state index in [1.165, 1.54) is 11.6 Å². The number of benzene rings is 2. The lowest BCUT2D eigenvalue weighted by atomic mass is 9.95. The van der Waals surface area contributed by atoms with Crippen LogP contribution in [0.3, 0.4) is 0 Å². The van der Waals surface area contributed by atoms with Crippen LogP contribution in [0.2, 0.25) is 0 Å². The highest BCUT2D eigenvalue weighted by Gasteiger charge is 2.11. The van der Waals surface area contributed by atoms with Crippen molar-refractivity contribution < 1.29 is 9.53 Å². The molecule has 0 radical (unpaired) electrons. The molecule has 0 saturated carbocycles. The monoisotopic (exact) mass is 374 g/mol. The lowest BCUT2D eigenvalue weighted by Crippen LogP contribution is -2.02. The summed E-state index contributed by atoms with van der Waals surface area (Å²) in [6, 6.07) is 16.7. The summed E-state index contributed by atoms with van der Waals surface area (Å²) >= 11 is 0. The molecule has 0 saturated heterocycles. The fourth-order valence-electron chi connectivity index (χ4n) is 3.10. The normalized spacial score (nSPS) is 11.3. The van der Waals surface area contributed by atoms with Gasteiger partial charge >= 0.3 is 5.97 Å². The zero-order valence-electron chi connectivity index (χ0n) is 16.8. The number of aryl methyl sites for hydroxylation is 1. The topological polar surface area (TPSA) is 44.1 Å². The molecular formula is C24H26N2O2. The van der Waals surface area contributed by atoms with Crippen molar-refractivity contribution in [2.75, 3.05) is 6.61 Å². The quantitative estimate of drug-likeness (QED) is 0.420. The van der Waals surface area contributed by atoms with Gasteiger partial charge in [0.05, 0.1) is 18.0 Å². The molecule has 4 nitrogen and oxygen atoms in total. The first-order valence-electron chi connectivity index (χ1n) is 9.59. The Bertz CT molecular complexity index is 982. The van der Waals surface area contributed by atoms with E-state index in [4.69, 9.17) is 4.74 Å². The molecular weight excluding hydrogens is 348 g/mol. The molecule has 28 heavy (non-hydrogen) atoms. The SMILES string of the molecule is CCOC(=O)/C=C/c1ccc(-c2ccc(-n3ccc(C)n3)c(C(C)C)c2)cc1. The highest BCUT2D eigenvalue weighted by atomic mass is 16.5. The van der Waals surface area contributed by atoms with Crippen LogP contribution in [0.25, 0.3) is 22.9 Å². The summed E-state index contributed by atoms with van der Waals surface area (Å²) in [6.45, 7) is 8.57. The van der Waals surface area contributed by atoms with Gasteiger partial charge in [-0.1, -0.05) is 44.2 Å². The summed E-state index contributed by atoms with van der Waals surface area (Å²) in [5.41, 5.74) is 6.64. The fraction of sp³-hybridized carbons (Fsp3) is 0.250. The molecule has 0 unspecified atom stereocenters. The Morgan fingerprint density at radius 2 is 1.82 bits per heavy atom. The fourth-order valence-corrected chi connectivity index (χ4v) is 3.10. The summed E-state index contributed by atoms with van der Waals surface area (Å²) in [4.78, 5) is 11.4. The van der Waals surface area contributed by atoms with E-state index in [1.807, 2.05) is 36.0 Å². The van der Waals surface area contributed by atoms with Crippen molar-refractivity contribution in [2.24, 2.45) is 0 Å². The highest BCUT2D eigenvalue weighted by Crippen LogP contribution is 2.29. The van der Waals surface area contributed by atoms with E-state index in [0.717, 1.165) is 28.1 Å². The number of esters is 1. The Morgan fingerprint density at radius 1 is 1.11 bits per heavy atom. The Hall–Kier alpha value is -3.14. The molecule has 144 valence electrons. The van der Waals surface area contributed by atoms with Crippen LogP contribution in [0.1, 0.15) is 43.5 Å². The summed E-state index contributed by atoms with van der Waals surface area (Å²) in [6.07, 6.45) is 5.22. The Labute approximate surface area is 166 Å². The van der Waals surface area contributed by atoms with Crippen LogP contribution in [-0.2, 0) is 9.53 Å². The van der Waals surface area contributed by atoms with Crippen LogP contribution < -0.4 is 0 Å². The van der Waals surface area contributed by atoms with Crippen molar-refractivity contribution in [1.29, 1.82) is 0 Å². The molecule has 0 spiro atoms. The zero-order valence-corrected chi connectivity index (χ0v) is 16.8. The second-order valence-corrected chi connectivity index (χ2v) is 7.04. The Balaban J connectivity index is 1.87. The number of nitrogens with zero attached hydrogens (tertiary/aromatic N) is 2. The molecule has 0 aliphatic rings. The first-order chi connectivity index (χ1) is 13.5. The van der Waals surface area contributed by atoms with Gasteiger partial charge in [0.1, 0.15) is 0 Å². The summed E-state index contributed by atoms with van der Waals surface area (Å²) in [7, 11) is 0. The second-order valence-electron chi connectivity index (χ2n) is 7.04. The van der Waals surface area contributed by atoms with Gasteiger partial charge in [0.25, 0.3) is 0 Å². The molecule has 4 heteroatoms. The number of rotatable bonds is 6. The first-order valence-corrected chi connectivity index (χ1v) is 9.59. The highest BCUT2D eigenvalue weighted by molar-refractivity contribution is 5.87. The lowest BCUT2D eigenvalue weighted by Gasteiger charge is -2.15. The average Bonchev–Trinajstić information content (AvgIpc) is 3.13. The van der Waals surface area contributed by atoms with Crippen molar-refractivity contribution in [3.63, 3.8) is 0 Å². The van der Waals surface area contributed by atoms with Crippen LogP contribution in [0.5, 0.6) is 0 Å². The smallest absolute Gasteiger partial charge is 0.330 e. The molecule has 0 atom stereocenters. The lowest BCUT2D eigenvalue weighted by molar-refractivity contribution is -0.137. The minimum atomic E-state index is -0.322. The van der Waals surface area contributed by atoms with Gasteiger partial charge in [0, 0.05) is 12.3 Å². The summed E-state index contributed by atoms with van der Waals surface area (Å²) in [5, 5.41) is 4.56. The van der Waals surface area contributed by atoms with Crippen molar-refractivity contribution in [3.8, 4) is 16.8 Å². The van der Waals surface area contributed by atoms with Crippen LogP contribution in [0.4, 0.5) is 0 Å². The van der Waals surface area contributed by atoms with Crippen molar-refractivity contribution >= 4 is 12.0 Å². The number of ether oxygens (including phenoxy) is 1. The van der Waals surface area contributed by atoms with Crippen molar-refractivity contribution in [2.45, 2.75) is 33.6 Å². The van der Waals surface area contributed by atoms with Crippen molar-refractivity contribution in [1.82, 2.24) is 9.78 Å². The van der Waals surface area contributed by atoms with Crippen LogP contribution in [0.15, 0.2) is 60.8 Å². The van der Waals surface area contributed by atoms with E-state index in [2.05, 4.69) is 49.3 Å². The third-order valence-electron chi connectivity index (χ3n) is 4.56. The number of carbonyl (C=O) groups excluding carboxylic acids is 1. The number of carbonyl (C=O) groups is 1. The van der Waals surface area contributed by atoms with Gasteiger partial charge in [-0.2, -0.15) is 5.10 Å². The molecule has 3 rings (SSSR count). The second kappa shape index (κ2) is 8.70. The van der Waals surface area contributed by atoms with E-state index in [1.54, 1.807) is 13.0 Å². The van der Waals surface area contributed by atoms with Gasteiger partial charge in [0.15, 0.2) is 0 Å². The maximum absolute atomic E-state index is 11.4. The zero-order chi connectivity index (χ0) is 20.1. The Kier molecular flexibility index (Phi) is 6.09. The molecule has 0 aliphatic heterocycles. The molecule has 0 N–H and O–H groups in total. The van der Waals surface area contributed by atoms with E-state index >= 15 is 0 Å². The maximum atomic E-state index is 11.4. The van der Waals surface area contributed by atoms with Crippen molar-refractivity contribution in [3.05, 3.63) is 77.6 Å². The Morgan fingerprint density at radius 3 is 2.43 bits per heavy atom. The van der Waals surface area contributed by atoms with E-state index in [0.29, 0.717) is 12.5 Å². The number of aromatic nitrogens is 2. The van der Waals surface area contributed by atoms with Crippen LogP contribution in [-0.4, -0.2) is 22.4 Å². The first kappa shape index (κ1) is 19.6. The molecule has 2 aromatic carbocycles. The predicted octanol–water partition coefficient (Wildman–Crippen LogP) is 5.55. The average molecular weight is 374 g/mol. The molecule has 0 bridgehead atoms. The van der Waals surface area contributed by atoms with Gasteiger partial charge in [-0.05, 0) is 66.3 Å². The van der Waals surface area contributed by atoms with Gasteiger partial charge in [-0.3, -0.25) is 0 Å². The maximum Gasteiger partial charge on any atom is 0.330 e. The van der Waals surface area contributed by atoms with E-state index in [9.17, 15) is 4.79 Å². The standard InChI is InChI=1S/C24H26N2O2/c1-5-28-24(27)13-8-19-6-9-20(10-7-19)21-11-12-23(22(16-21)17(2)3)26-15-14-18(4)25-26/h6-17H,5H2,1-4H3/b13-8+.